The lowest BCUT2D eigenvalue weighted by Crippen LogP contribution is -1.92. The first-order valence-electron chi connectivity index (χ1n) is 3.48. The van der Waals surface area contributed by atoms with Crippen molar-refractivity contribution in [2.75, 3.05) is 0 Å². The third-order valence-electron chi connectivity index (χ3n) is 1.71. The summed E-state index contributed by atoms with van der Waals surface area (Å²) in [5.74, 6) is -0.958. The van der Waals surface area contributed by atoms with Gasteiger partial charge in [0, 0.05) is 5.39 Å². The molecule has 0 bridgehead atoms. The minimum Gasteiger partial charge on any atom is -0.478 e. The monoisotopic (exact) mass is 198 g/mol. The summed E-state index contributed by atoms with van der Waals surface area (Å²) in [7, 11) is 0. The first-order chi connectivity index (χ1) is 5.79. The van der Waals surface area contributed by atoms with Crippen LogP contribution in [0, 0.1) is 0 Å². The van der Waals surface area contributed by atoms with Gasteiger partial charge in [-0.1, -0.05) is 18.2 Å². The van der Waals surface area contributed by atoms with E-state index in [1.165, 1.54) is 6.26 Å². The van der Waals surface area contributed by atoms with Gasteiger partial charge in [0.05, 0.1) is 0 Å². The molecule has 0 aliphatic heterocycles. The molecule has 0 atom stereocenters. The SMILES string of the molecule is Cl.O=C(O)c1coc2ccccc12. The van der Waals surface area contributed by atoms with Crippen molar-refractivity contribution in [2.45, 2.75) is 0 Å². The van der Waals surface area contributed by atoms with E-state index in [9.17, 15) is 4.79 Å². The number of carboxylic acids is 1. The lowest BCUT2D eigenvalue weighted by atomic mass is 10.2. The quantitative estimate of drug-likeness (QED) is 0.766. The van der Waals surface area contributed by atoms with Crippen LogP contribution in [0.4, 0.5) is 0 Å². The van der Waals surface area contributed by atoms with Gasteiger partial charge in [-0.05, 0) is 6.07 Å². The van der Waals surface area contributed by atoms with Gasteiger partial charge in [-0.15, -0.1) is 12.4 Å². The Morgan fingerprint density at radius 1 is 1.31 bits per heavy atom. The van der Waals surface area contributed by atoms with Crippen molar-refractivity contribution in [3.8, 4) is 0 Å². The van der Waals surface area contributed by atoms with Gasteiger partial charge in [-0.3, -0.25) is 0 Å². The molecule has 0 saturated heterocycles. The Bertz CT molecular complexity index is 433. The van der Waals surface area contributed by atoms with E-state index in [-0.39, 0.29) is 18.0 Å². The molecule has 0 aliphatic rings. The van der Waals surface area contributed by atoms with E-state index in [0.717, 1.165) is 0 Å². The second-order valence-electron chi connectivity index (χ2n) is 2.45. The largest absolute Gasteiger partial charge is 0.478 e. The molecule has 1 aromatic carbocycles. The summed E-state index contributed by atoms with van der Waals surface area (Å²) in [5.41, 5.74) is 0.820. The van der Waals surface area contributed by atoms with Crippen molar-refractivity contribution in [1.29, 1.82) is 0 Å². The summed E-state index contributed by atoms with van der Waals surface area (Å²) in [6, 6.07) is 7.05. The highest BCUT2D eigenvalue weighted by Gasteiger charge is 2.10. The number of hydrogen-bond acceptors (Lipinski definition) is 2. The topological polar surface area (TPSA) is 50.4 Å². The first-order valence-corrected chi connectivity index (χ1v) is 3.48. The highest BCUT2D eigenvalue weighted by atomic mass is 35.5. The summed E-state index contributed by atoms with van der Waals surface area (Å²) in [6.45, 7) is 0. The molecule has 2 rings (SSSR count). The molecular weight excluding hydrogens is 192 g/mol. The number of carboxylic acid groups (broad SMARTS) is 1. The smallest absolute Gasteiger partial charge is 0.339 e. The molecule has 1 aromatic heterocycles. The predicted octanol–water partition coefficient (Wildman–Crippen LogP) is 2.55. The number of hydrogen-bond donors (Lipinski definition) is 1. The first kappa shape index (κ1) is 9.61. The molecule has 1 N–H and O–H groups in total. The standard InChI is InChI=1S/C9H6O3.ClH/c10-9(11)7-5-12-8-4-2-1-3-6(7)8;/h1-5H,(H,10,11);1H. The summed E-state index contributed by atoms with van der Waals surface area (Å²) < 4.78 is 5.03. The van der Waals surface area contributed by atoms with Crippen LogP contribution in [0.15, 0.2) is 34.9 Å². The van der Waals surface area contributed by atoms with Gasteiger partial charge in [-0.2, -0.15) is 0 Å². The van der Waals surface area contributed by atoms with Crippen LogP contribution in [0.5, 0.6) is 0 Å². The van der Waals surface area contributed by atoms with E-state index >= 15 is 0 Å². The maximum Gasteiger partial charge on any atom is 0.339 e. The van der Waals surface area contributed by atoms with Crippen molar-refractivity contribution in [1.82, 2.24) is 0 Å². The van der Waals surface area contributed by atoms with Gasteiger partial charge in [0.25, 0.3) is 0 Å². The summed E-state index contributed by atoms with van der Waals surface area (Å²) in [6.07, 6.45) is 1.26. The van der Waals surface area contributed by atoms with Crippen LogP contribution in [0.1, 0.15) is 10.4 Å². The molecule has 0 aliphatic carbocycles. The molecule has 0 fully saturated rings. The van der Waals surface area contributed by atoms with Crippen molar-refractivity contribution < 1.29 is 14.3 Å². The van der Waals surface area contributed by atoms with Crippen LogP contribution in [0.3, 0.4) is 0 Å². The number of rotatable bonds is 1. The highest BCUT2D eigenvalue weighted by molar-refractivity contribution is 6.02. The Labute approximate surface area is 80.4 Å². The van der Waals surface area contributed by atoms with Crippen molar-refractivity contribution in [2.24, 2.45) is 0 Å². The zero-order valence-electron chi connectivity index (χ0n) is 6.56. The van der Waals surface area contributed by atoms with Gasteiger partial charge in [0.2, 0.25) is 0 Å². The normalized spacial score (nSPS) is 9.54. The number of benzene rings is 1. The fraction of sp³-hybridized carbons (Fsp3) is 0. The van der Waals surface area contributed by atoms with Gasteiger partial charge < -0.3 is 9.52 Å². The number of fused-ring (bicyclic) bond motifs is 1. The molecule has 4 heteroatoms. The third kappa shape index (κ3) is 1.51. The van der Waals surface area contributed by atoms with Crippen LogP contribution < -0.4 is 0 Å². The molecule has 68 valence electrons. The second kappa shape index (κ2) is 3.49. The Hall–Kier alpha value is -1.48. The zero-order chi connectivity index (χ0) is 8.55. The van der Waals surface area contributed by atoms with Gasteiger partial charge in [0.15, 0.2) is 0 Å². The Morgan fingerprint density at radius 2 is 2.00 bits per heavy atom. The van der Waals surface area contributed by atoms with Crippen molar-refractivity contribution in [3.63, 3.8) is 0 Å². The highest BCUT2D eigenvalue weighted by Crippen LogP contribution is 2.19. The Morgan fingerprint density at radius 3 is 2.69 bits per heavy atom. The van der Waals surface area contributed by atoms with Gasteiger partial charge in [0.1, 0.15) is 17.4 Å². The van der Waals surface area contributed by atoms with Crippen LogP contribution in [-0.4, -0.2) is 11.1 Å². The fourth-order valence-electron chi connectivity index (χ4n) is 1.14. The number of aromatic carboxylic acids is 1. The number of para-hydroxylation sites is 1. The maximum atomic E-state index is 10.6. The number of carbonyl (C=O) groups is 1. The molecule has 0 amide bonds. The summed E-state index contributed by atoms with van der Waals surface area (Å²) in [4.78, 5) is 10.6. The third-order valence-corrected chi connectivity index (χ3v) is 1.71. The number of halogens is 1. The average Bonchev–Trinajstić information content (AvgIpc) is 2.47. The minimum atomic E-state index is -0.958. The number of furan rings is 1. The Kier molecular flexibility index (Phi) is 2.58. The molecule has 13 heavy (non-hydrogen) atoms. The molecule has 0 saturated carbocycles. The summed E-state index contributed by atoms with van der Waals surface area (Å²) in [5, 5.41) is 9.36. The second-order valence-corrected chi connectivity index (χ2v) is 2.45. The average molecular weight is 199 g/mol. The van der Waals surface area contributed by atoms with Crippen LogP contribution >= 0.6 is 12.4 Å². The zero-order valence-corrected chi connectivity index (χ0v) is 7.38. The van der Waals surface area contributed by atoms with E-state index in [4.69, 9.17) is 9.52 Å². The van der Waals surface area contributed by atoms with Crippen LogP contribution in [0.2, 0.25) is 0 Å². The molecule has 0 spiro atoms. The van der Waals surface area contributed by atoms with E-state index < -0.39 is 5.97 Å². The molecule has 0 unspecified atom stereocenters. The molecule has 3 nitrogen and oxygen atoms in total. The van der Waals surface area contributed by atoms with Gasteiger partial charge >= 0.3 is 5.97 Å². The maximum absolute atomic E-state index is 10.6. The van der Waals surface area contributed by atoms with E-state index in [0.29, 0.717) is 11.0 Å². The molecule has 2 aromatic rings. The van der Waals surface area contributed by atoms with Crippen LogP contribution in [-0.2, 0) is 0 Å². The van der Waals surface area contributed by atoms with E-state index in [1.54, 1.807) is 24.3 Å². The van der Waals surface area contributed by atoms with E-state index in [2.05, 4.69) is 0 Å². The lowest BCUT2D eigenvalue weighted by Gasteiger charge is -1.87. The van der Waals surface area contributed by atoms with Crippen LogP contribution in [0.25, 0.3) is 11.0 Å². The molecular formula is C9H7ClO3. The Balaban J connectivity index is 0.000000845. The van der Waals surface area contributed by atoms with Gasteiger partial charge in [-0.25, -0.2) is 4.79 Å². The van der Waals surface area contributed by atoms with Crippen molar-refractivity contribution in [3.05, 3.63) is 36.1 Å². The lowest BCUT2D eigenvalue weighted by molar-refractivity contribution is 0.0698. The van der Waals surface area contributed by atoms with Crippen molar-refractivity contribution >= 4 is 29.3 Å². The summed E-state index contributed by atoms with van der Waals surface area (Å²) >= 11 is 0. The fourth-order valence-corrected chi connectivity index (χ4v) is 1.14. The molecule has 0 radical (unpaired) electrons. The predicted molar refractivity (Wildman–Crippen MR) is 50.4 cm³/mol. The molecule has 1 heterocycles. The van der Waals surface area contributed by atoms with E-state index in [1.807, 2.05) is 0 Å². The minimum absolute atomic E-state index is 0.